The van der Waals surface area contributed by atoms with Crippen molar-refractivity contribution in [3.8, 4) is 0 Å². The number of benzene rings is 3. The third-order valence-electron chi connectivity index (χ3n) is 8.02. The highest BCUT2D eigenvalue weighted by atomic mass is 16.5. The van der Waals surface area contributed by atoms with Gasteiger partial charge < -0.3 is 10.6 Å². The zero-order valence-corrected chi connectivity index (χ0v) is 27.5. The Labute approximate surface area is 284 Å². The second-order valence-electron chi connectivity index (χ2n) is 11.8. The second-order valence-corrected chi connectivity index (χ2v) is 11.8. The van der Waals surface area contributed by atoms with Gasteiger partial charge in [-0.1, -0.05) is 78.7 Å². The monoisotopic (exact) mass is 663 g/mol. The zero-order chi connectivity index (χ0) is 34.4. The summed E-state index contributed by atoms with van der Waals surface area (Å²) in [6.07, 6.45) is 8.22. The van der Waals surface area contributed by atoms with E-state index in [9.17, 15) is 14.4 Å². The van der Waals surface area contributed by atoms with E-state index in [1.165, 1.54) is 0 Å². The number of hydroxylamine groups is 1. The zero-order valence-electron chi connectivity index (χ0n) is 27.5. The second kappa shape index (κ2) is 17.5. The van der Waals surface area contributed by atoms with E-state index in [4.69, 9.17) is 5.21 Å². The Morgan fingerprint density at radius 2 is 1.24 bits per heavy atom. The summed E-state index contributed by atoms with van der Waals surface area (Å²) in [6, 6.07) is 22.4. The summed E-state index contributed by atoms with van der Waals surface area (Å²) in [5, 5.41) is 31.5. The van der Waals surface area contributed by atoms with Gasteiger partial charge in [-0.2, -0.15) is 0 Å². The number of hydrogen-bond donors (Lipinski definition) is 4. The van der Waals surface area contributed by atoms with Crippen LogP contribution >= 0.6 is 0 Å². The molecule has 3 aromatic carbocycles. The van der Waals surface area contributed by atoms with E-state index in [1.54, 1.807) is 27.0 Å². The molecule has 0 radical (unpaired) electrons. The minimum atomic E-state index is -0.378. The highest BCUT2D eigenvalue weighted by Gasteiger charge is 2.11. The quantitative estimate of drug-likeness (QED) is 0.0455. The fourth-order valence-corrected chi connectivity index (χ4v) is 5.19. The minimum absolute atomic E-state index is 0.0363. The molecule has 5 rings (SSSR count). The Balaban J connectivity index is 1.03. The number of nitrogens with zero attached hydrogens (tertiary/aromatic N) is 6. The van der Waals surface area contributed by atoms with Gasteiger partial charge in [0.25, 0.3) is 5.91 Å². The van der Waals surface area contributed by atoms with Crippen LogP contribution in [-0.4, -0.2) is 59.3 Å². The molecular weight excluding hydrogens is 622 g/mol. The number of carbonyl (C=O) groups is 3. The molecule has 254 valence electrons. The molecule has 0 aliphatic heterocycles. The molecule has 13 heteroatoms. The number of nitrogens with one attached hydrogen (secondary N) is 3. The Morgan fingerprint density at radius 1 is 0.694 bits per heavy atom. The molecule has 0 saturated heterocycles. The van der Waals surface area contributed by atoms with Crippen LogP contribution in [0.3, 0.4) is 0 Å². The lowest BCUT2D eigenvalue weighted by Gasteiger charge is -2.07. The summed E-state index contributed by atoms with van der Waals surface area (Å²) >= 11 is 0. The minimum Gasteiger partial charge on any atom is -0.379 e. The van der Waals surface area contributed by atoms with Crippen molar-refractivity contribution in [2.75, 3.05) is 11.9 Å². The first-order valence-corrected chi connectivity index (χ1v) is 16.5. The molecule has 0 unspecified atom stereocenters. The molecule has 13 nitrogen and oxygen atoms in total. The van der Waals surface area contributed by atoms with Crippen molar-refractivity contribution >= 4 is 23.3 Å². The standard InChI is InChI=1S/C36H41N9O4/c1-2-31-24-44(42-39-31)22-26-8-12-28(13-9-26)35(47)29-14-10-27(11-15-29)23-45-25-33(40-43-45)21-38-32-18-16-30(17-19-32)36(48)37-20-6-4-3-5-7-34(46)41-49/h8-19,24-25,38,49H,2-7,20-23H2,1H3,(H,37,48)(H,41,46). The first-order valence-electron chi connectivity index (χ1n) is 16.5. The van der Waals surface area contributed by atoms with Crippen molar-refractivity contribution in [1.82, 2.24) is 40.8 Å². The number of amides is 2. The summed E-state index contributed by atoms with van der Waals surface area (Å²) in [6.45, 7) is 4.19. The van der Waals surface area contributed by atoms with E-state index < -0.39 is 0 Å². The van der Waals surface area contributed by atoms with Gasteiger partial charge in [-0.05, 0) is 54.7 Å². The lowest BCUT2D eigenvalue weighted by Crippen LogP contribution is -2.24. The topological polar surface area (TPSA) is 169 Å². The Bertz CT molecular complexity index is 1810. The Morgan fingerprint density at radius 3 is 1.82 bits per heavy atom. The molecule has 2 aromatic heterocycles. The van der Waals surface area contributed by atoms with E-state index in [0.717, 1.165) is 53.9 Å². The summed E-state index contributed by atoms with van der Waals surface area (Å²) in [5.41, 5.74) is 8.06. The van der Waals surface area contributed by atoms with Crippen LogP contribution in [0.15, 0.2) is 85.2 Å². The molecule has 2 heterocycles. The highest BCUT2D eigenvalue weighted by molar-refractivity contribution is 6.09. The Hall–Kier alpha value is -5.69. The Kier molecular flexibility index (Phi) is 12.3. The van der Waals surface area contributed by atoms with Gasteiger partial charge in [0.2, 0.25) is 5.91 Å². The molecule has 4 N–H and O–H groups in total. The van der Waals surface area contributed by atoms with Crippen molar-refractivity contribution in [1.29, 1.82) is 0 Å². The number of unbranched alkanes of at least 4 members (excludes halogenated alkanes) is 3. The van der Waals surface area contributed by atoms with Gasteiger partial charge in [-0.25, -0.2) is 14.8 Å². The van der Waals surface area contributed by atoms with Crippen LogP contribution in [0.25, 0.3) is 0 Å². The molecule has 49 heavy (non-hydrogen) atoms. The van der Waals surface area contributed by atoms with Gasteiger partial charge in [-0.3, -0.25) is 19.6 Å². The molecule has 0 atom stereocenters. The highest BCUT2D eigenvalue weighted by Crippen LogP contribution is 2.15. The van der Waals surface area contributed by atoms with Crippen molar-refractivity contribution in [3.05, 3.63) is 124 Å². The van der Waals surface area contributed by atoms with E-state index >= 15 is 0 Å². The number of carbonyl (C=O) groups excluding carboxylic acids is 3. The van der Waals surface area contributed by atoms with Gasteiger partial charge in [0.15, 0.2) is 5.78 Å². The van der Waals surface area contributed by atoms with E-state index in [-0.39, 0.29) is 17.6 Å². The maximum Gasteiger partial charge on any atom is 0.251 e. The predicted molar refractivity (Wildman–Crippen MR) is 183 cm³/mol. The number of aryl methyl sites for hydroxylation is 1. The SMILES string of the molecule is CCc1cn(Cc2ccc(C(=O)c3ccc(Cn4cc(CNc5ccc(C(=O)NCCCCCCC(=O)NO)cc5)nn4)cc3)cc2)nn1. The fraction of sp³-hybridized carbons (Fsp3) is 0.306. The lowest BCUT2D eigenvalue weighted by molar-refractivity contribution is -0.129. The molecular formula is C36H41N9O4. The molecule has 2 amide bonds. The number of rotatable bonds is 18. The molecule has 0 aliphatic rings. The van der Waals surface area contributed by atoms with Crippen LogP contribution in [-0.2, 0) is 30.8 Å². The third kappa shape index (κ3) is 10.4. The van der Waals surface area contributed by atoms with Crippen molar-refractivity contribution in [3.63, 3.8) is 0 Å². The van der Waals surface area contributed by atoms with Gasteiger partial charge >= 0.3 is 0 Å². The molecule has 5 aromatic rings. The molecule has 0 aliphatic carbocycles. The number of aromatic nitrogens is 6. The smallest absolute Gasteiger partial charge is 0.251 e. The van der Waals surface area contributed by atoms with Gasteiger partial charge in [0.1, 0.15) is 5.69 Å². The van der Waals surface area contributed by atoms with Crippen LogP contribution in [0.1, 0.15) is 87.8 Å². The van der Waals surface area contributed by atoms with Crippen LogP contribution < -0.4 is 16.1 Å². The summed E-state index contributed by atoms with van der Waals surface area (Å²) < 4.78 is 3.55. The van der Waals surface area contributed by atoms with Crippen molar-refractivity contribution in [2.24, 2.45) is 0 Å². The average molecular weight is 664 g/mol. The van der Waals surface area contributed by atoms with Gasteiger partial charge in [-0.15, -0.1) is 10.2 Å². The number of anilines is 1. The molecule has 0 spiro atoms. The lowest BCUT2D eigenvalue weighted by atomic mass is 10.0. The normalized spacial score (nSPS) is 10.9. The van der Waals surface area contributed by atoms with Crippen molar-refractivity contribution < 1.29 is 19.6 Å². The van der Waals surface area contributed by atoms with E-state index in [1.807, 2.05) is 80.0 Å². The first-order chi connectivity index (χ1) is 23.9. The van der Waals surface area contributed by atoms with Crippen LogP contribution in [0, 0.1) is 0 Å². The average Bonchev–Trinajstić information content (AvgIpc) is 3.79. The van der Waals surface area contributed by atoms with Crippen LogP contribution in [0.5, 0.6) is 0 Å². The third-order valence-corrected chi connectivity index (χ3v) is 8.02. The maximum atomic E-state index is 13.1. The fourth-order valence-electron chi connectivity index (χ4n) is 5.19. The first kappa shape index (κ1) is 34.6. The van der Waals surface area contributed by atoms with Crippen molar-refractivity contribution in [2.45, 2.75) is 65.1 Å². The summed E-state index contributed by atoms with van der Waals surface area (Å²) in [5.74, 6) is -0.548. The number of ketones is 1. The van der Waals surface area contributed by atoms with Crippen LogP contribution in [0.4, 0.5) is 5.69 Å². The number of hydrogen-bond acceptors (Lipinski definition) is 9. The van der Waals surface area contributed by atoms with Gasteiger partial charge in [0.05, 0.1) is 31.5 Å². The molecule has 0 bridgehead atoms. The summed E-state index contributed by atoms with van der Waals surface area (Å²) in [7, 11) is 0. The molecule has 0 fully saturated rings. The van der Waals surface area contributed by atoms with Crippen LogP contribution in [0.2, 0.25) is 0 Å². The summed E-state index contributed by atoms with van der Waals surface area (Å²) in [4.78, 5) is 36.5. The maximum absolute atomic E-state index is 13.1. The largest absolute Gasteiger partial charge is 0.379 e. The molecule has 0 saturated carbocycles. The van der Waals surface area contributed by atoms with E-state index in [2.05, 4.69) is 31.3 Å². The van der Waals surface area contributed by atoms with E-state index in [0.29, 0.717) is 55.7 Å². The van der Waals surface area contributed by atoms with Gasteiger partial charge in [0, 0.05) is 41.5 Å². The predicted octanol–water partition coefficient (Wildman–Crippen LogP) is 4.56.